The Kier molecular flexibility index (Phi) is 3.97. The Morgan fingerprint density at radius 3 is 2.53 bits per heavy atom. The van der Waals surface area contributed by atoms with Crippen LogP contribution in [0.5, 0.6) is 0 Å². The van der Waals surface area contributed by atoms with E-state index in [-0.39, 0.29) is 17.6 Å². The highest BCUT2D eigenvalue weighted by molar-refractivity contribution is 6.30. The number of nitrogens with one attached hydrogen (secondary N) is 1. The summed E-state index contributed by atoms with van der Waals surface area (Å²) in [4.78, 5) is 18.8. The molecule has 0 aliphatic rings. The lowest BCUT2D eigenvalue weighted by Gasteiger charge is -2.15. The summed E-state index contributed by atoms with van der Waals surface area (Å²) in [5, 5.41) is 12.7. The lowest BCUT2D eigenvalue weighted by molar-refractivity contribution is 0.0691. The first-order valence-electron chi connectivity index (χ1n) is 5.64. The highest BCUT2D eigenvalue weighted by Crippen LogP contribution is 2.21. The largest absolute Gasteiger partial charge is 0.476 e. The van der Waals surface area contributed by atoms with Gasteiger partial charge in [0.25, 0.3) is 0 Å². The van der Waals surface area contributed by atoms with E-state index in [4.69, 9.17) is 16.7 Å². The number of halogens is 1. The number of carboxylic acids is 1. The standard InChI is InChI=1S/C13H12ClN3O2/c1-8(9-2-4-10(14)5-3-9)17-12-11(13(18)19)15-6-7-16-12/h2-8H,1H3,(H,16,17)(H,18,19). The molecule has 98 valence electrons. The van der Waals surface area contributed by atoms with Crippen LogP contribution in [0.2, 0.25) is 5.02 Å². The van der Waals surface area contributed by atoms with Gasteiger partial charge in [0.05, 0.1) is 6.04 Å². The van der Waals surface area contributed by atoms with Crippen molar-refractivity contribution in [2.45, 2.75) is 13.0 Å². The smallest absolute Gasteiger partial charge is 0.358 e. The summed E-state index contributed by atoms with van der Waals surface area (Å²) in [6.07, 6.45) is 2.80. The van der Waals surface area contributed by atoms with Crippen LogP contribution in [0.15, 0.2) is 36.7 Å². The van der Waals surface area contributed by atoms with Crippen molar-refractivity contribution in [1.82, 2.24) is 9.97 Å². The van der Waals surface area contributed by atoms with Crippen LogP contribution < -0.4 is 5.32 Å². The molecule has 2 rings (SSSR count). The first kappa shape index (κ1) is 13.3. The zero-order chi connectivity index (χ0) is 13.8. The molecule has 0 bridgehead atoms. The Morgan fingerprint density at radius 1 is 1.26 bits per heavy atom. The zero-order valence-corrected chi connectivity index (χ0v) is 10.9. The van der Waals surface area contributed by atoms with E-state index >= 15 is 0 Å². The van der Waals surface area contributed by atoms with Gasteiger partial charge in [-0.1, -0.05) is 23.7 Å². The van der Waals surface area contributed by atoms with Crippen molar-refractivity contribution >= 4 is 23.4 Å². The van der Waals surface area contributed by atoms with E-state index in [1.165, 1.54) is 12.4 Å². The number of hydrogen-bond acceptors (Lipinski definition) is 4. The third-order valence-corrected chi connectivity index (χ3v) is 2.88. The van der Waals surface area contributed by atoms with Crippen molar-refractivity contribution < 1.29 is 9.90 Å². The van der Waals surface area contributed by atoms with Gasteiger partial charge in [0.1, 0.15) is 0 Å². The molecule has 19 heavy (non-hydrogen) atoms. The van der Waals surface area contributed by atoms with Crippen LogP contribution >= 0.6 is 11.6 Å². The number of carbonyl (C=O) groups is 1. The topological polar surface area (TPSA) is 75.1 Å². The van der Waals surface area contributed by atoms with Gasteiger partial charge in [0.15, 0.2) is 11.5 Å². The minimum absolute atomic E-state index is 0.0942. The quantitative estimate of drug-likeness (QED) is 0.898. The van der Waals surface area contributed by atoms with Gasteiger partial charge in [-0.05, 0) is 24.6 Å². The predicted molar refractivity (Wildman–Crippen MR) is 72.5 cm³/mol. The zero-order valence-electron chi connectivity index (χ0n) is 10.2. The molecule has 2 N–H and O–H groups in total. The molecular weight excluding hydrogens is 266 g/mol. The van der Waals surface area contributed by atoms with Gasteiger partial charge in [0, 0.05) is 17.4 Å². The third kappa shape index (κ3) is 3.20. The van der Waals surface area contributed by atoms with Crippen LogP contribution in [-0.4, -0.2) is 21.0 Å². The summed E-state index contributed by atoms with van der Waals surface area (Å²) in [6.45, 7) is 1.91. The fraction of sp³-hybridized carbons (Fsp3) is 0.154. The van der Waals surface area contributed by atoms with Gasteiger partial charge < -0.3 is 10.4 Å². The van der Waals surface area contributed by atoms with Crippen LogP contribution in [0.1, 0.15) is 29.0 Å². The van der Waals surface area contributed by atoms with E-state index < -0.39 is 5.97 Å². The van der Waals surface area contributed by atoms with E-state index in [1.807, 2.05) is 19.1 Å². The minimum atomic E-state index is -1.11. The summed E-state index contributed by atoms with van der Waals surface area (Å²) in [5.74, 6) is -0.864. The molecule has 0 aliphatic carbocycles. The Hall–Kier alpha value is -2.14. The van der Waals surface area contributed by atoms with Gasteiger partial charge in [-0.15, -0.1) is 0 Å². The molecule has 0 saturated carbocycles. The summed E-state index contributed by atoms with van der Waals surface area (Å²) >= 11 is 5.82. The first-order chi connectivity index (χ1) is 9.08. The van der Waals surface area contributed by atoms with Gasteiger partial charge in [0.2, 0.25) is 0 Å². The Balaban J connectivity index is 2.21. The molecule has 0 fully saturated rings. The molecular formula is C13H12ClN3O2. The maximum atomic E-state index is 11.0. The number of anilines is 1. The maximum absolute atomic E-state index is 11.0. The lowest BCUT2D eigenvalue weighted by atomic mass is 10.1. The molecule has 1 unspecified atom stereocenters. The van der Waals surface area contributed by atoms with Gasteiger partial charge in [-0.25, -0.2) is 14.8 Å². The van der Waals surface area contributed by atoms with Crippen LogP contribution in [-0.2, 0) is 0 Å². The van der Waals surface area contributed by atoms with Gasteiger partial charge >= 0.3 is 5.97 Å². The Labute approximate surface area is 115 Å². The second-order valence-corrected chi connectivity index (χ2v) is 4.41. The van der Waals surface area contributed by atoms with Gasteiger partial charge in [-0.2, -0.15) is 0 Å². The van der Waals surface area contributed by atoms with Crippen molar-refractivity contribution in [3.63, 3.8) is 0 Å². The average Bonchev–Trinajstić information content (AvgIpc) is 2.39. The number of aromatic carboxylic acids is 1. The monoisotopic (exact) mass is 277 g/mol. The van der Waals surface area contributed by atoms with E-state index in [2.05, 4.69) is 15.3 Å². The predicted octanol–water partition coefficient (Wildman–Crippen LogP) is 3.00. The van der Waals surface area contributed by atoms with Gasteiger partial charge in [-0.3, -0.25) is 0 Å². The Morgan fingerprint density at radius 2 is 1.89 bits per heavy atom. The molecule has 2 aromatic rings. The van der Waals surface area contributed by atoms with Crippen molar-refractivity contribution in [2.24, 2.45) is 0 Å². The van der Waals surface area contributed by atoms with E-state index in [9.17, 15) is 4.79 Å². The van der Waals surface area contributed by atoms with Crippen LogP contribution in [0, 0.1) is 0 Å². The number of benzene rings is 1. The van der Waals surface area contributed by atoms with Crippen LogP contribution in [0.3, 0.4) is 0 Å². The maximum Gasteiger partial charge on any atom is 0.358 e. The Bertz CT molecular complexity index is 587. The molecule has 0 saturated heterocycles. The molecule has 0 amide bonds. The molecule has 1 aromatic carbocycles. The molecule has 5 nitrogen and oxygen atoms in total. The average molecular weight is 278 g/mol. The molecule has 1 atom stereocenters. The second kappa shape index (κ2) is 5.67. The molecule has 0 spiro atoms. The van der Waals surface area contributed by atoms with E-state index in [1.54, 1.807) is 12.1 Å². The summed E-state index contributed by atoms with van der Waals surface area (Å²) in [6, 6.07) is 7.20. The molecule has 1 aromatic heterocycles. The summed E-state index contributed by atoms with van der Waals surface area (Å²) in [5.41, 5.74) is 0.884. The molecule has 0 radical (unpaired) electrons. The minimum Gasteiger partial charge on any atom is -0.476 e. The second-order valence-electron chi connectivity index (χ2n) is 3.98. The number of hydrogen-bond donors (Lipinski definition) is 2. The van der Waals surface area contributed by atoms with Crippen LogP contribution in [0.25, 0.3) is 0 Å². The number of carboxylic acid groups (broad SMARTS) is 1. The number of aromatic nitrogens is 2. The summed E-state index contributed by atoms with van der Waals surface area (Å²) < 4.78 is 0. The highest BCUT2D eigenvalue weighted by Gasteiger charge is 2.15. The fourth-order valence-electron chi connectivity index (χ4n) is 1.64. The van der Waals surface area contributed by atoms with Crippen molar-refractivity contribution in [2.75, 3.05) is 5.32 Å². The molecule has 1 heterocycles. The molecule has 6 heteroatoms. The normalized spacial score (nSPS) is 11.9. The molecule has 0 aliphatic heterocycles. The van der Waals surface area contributed by atoms with E-state index in [0.717, 1.165) is 5.56 Å². The number of nitrogens with zero attached hydrogens (tertiary/aromatic N) is 2. The van der Waals surface area contributed by atoms with E-state index in [0.29, 0.717) is 5.02 Å². The highest BCUT2D eigenvalue weighted by atomic mass is 35.5. The third-order valence-electron chi connectivity index (χ3n) is 2.62. The first-order valence-corrected chi connectivity index (χ1v) is 6.02. The van der Waals surface area contributed by atoms with Crippen molar-refractivity contribution in [3.8, 4) is 0 Å². The van der Waals surface area contributed by atoms with Crippen LogP contribution in [0.4, 0.5) is 5.82 Å². The van der Waals surface area contributed by atoms with Crippen molar-refractivity contribution in [1.29, 1.82) is 0 Å². The van der Waals surface area contributed by atoms with Crippen molar-refractivity contribution in [3.05, 3.63) is 52.9 Å². The lowest BCUT2D eigenvalue weighted by Crippen LogP contribution is -2.13. The fourth-order valence-corrected chi connectivity index (χ4v) is 1.77. The SMILES string of the molecule is CC(Nc1nccnc1C(=O)O)c1ccc(Cl)cc1. The number of rotatable bonds is 4. The summed E-state index contributed by atoms with van der Waals surface area (Å²) in [7, 11) is 0.